The molecule has 2 rings (SSSR count). The van der Waals surface area contributed by atoms with Gasteiger partial charge in [-0.2, -0.15) is 4.31 Å². The van der Waals surface area contributed by atoms with Crippen LogP contribution in [0, 0.1) is 0 Å². The molecule has 2 N–H and O–H groups in total. The minimum atomic E-state index is -3.37. The second kappa shape index (κ2) is 6.06. The molecule has 0 aliphatic rings. The first-order valence-electron chi connectivity index (χ1n) is 6.17. The van der Waals surface area contributed by atoms with E-state index in [-0.39, 0.29) is 6.54 Å². The lowest BCUT2D eigenvalue weighted by atomic mass is 10.2. The number of nitrogens with one attached hydrogen (secondary N) is 2. The van der Waals surface area contributed by atoms with Crippen LogP contribution in [0.4, 0.5) is 5.69 Å². The number of hydrogen-bond acceptors (Lipinski definition) is 4. The molecule has 0 saturated carbocycles. The Balaban J connectivity index is 1.99. The number of H-pyrrole nitrogens is 1. The van der Waals surface area contributed by atoms with Crippen molar-refractivity contribution in [1.29, 1.82) is 0 Å². The van der Waals surface area contributed by atoms with Crippen molar-refractivity contribution in [1.82, 2.24) is 14.3 Å². The third-order valence-corrected chi connectivity index (χ3v) is 4.13. The second-order valence-corrected chi connectivity index (χ2v) is 6.67. The zero-order valence-electron chi connectivity index (χ0n) is 11.7. The second-order valence-electron chi connectivity index (χ2n) is 4.58. The minimum absolute atomic E-state index is 0.223. The summed E-state index contributed by atoms with van der Waals surface area (Å²) in [5, 5.41) is 2.64. The van der Waals surface area contributed by atoms with Crippen LogP contribution in [0.5, 0.6) is 0 Å². The molecule has 8 heteroatoms. The van der Waals surface area contributed by atoms with E-state index in [1.54, 1.807) is 24.5 Å². The molecule has 2 aromatic rings. The number of rotatable bonds is 5. The van der Waals surface area contributed by atoms with Gasteiger partial charge in [0, 0.05) is 30.7 Å². The predicted octanol–water partition coefficient (Wildman–Crippen LogP) is 0.907. The molecule has 0 fully saturated rings. The number of imidazole rings is 1. The van der Waals surface area contributed by atoms with Crippen molar-refractivity contribution >= 4 is 21.6 Å². The number of amides is 1. The zero-order chi connectivity index (χ0) is 15.5. The fraction of sp³-hybridized carbons (Fsp3) is 0.231. The molecule has 0 aliphatic carbocycles. The van der Waals surface area contributed by atoms with Crippen molar-refractivity contribution in [3.63, 3.8) is 0 Å². The highest BCUT2D eigenvalue weighted by molar-refractivity contribution is 7.88. The molecule has 0 aliphatic heterocycles. The Labute approximate surface area is 123 Å². The summed E-state index contributed by atoms with van der Waals surface area (Å²) in [6.07, 6.45) is 4.44. The number of benzene rings is 1. The molecule has 1 heterocycles. The number of sulfonamides is 1. The maximum atomic E-state index is 11.7. The summed E-state index contributed by atoms with van der Waals surface area (Å²) in [6, 6.07) is 7.09. The van der Waals surface area contributed by atoms with Crippen LogP contribution in [0.3, 0.4) is 0 Å². The highest BCUT2D eigenvalue weighted by Gasteiger charge is 2.15. The number of nitrogens with zero attached hydrogens (tertiary/aromatic N) is 2. The van der Waals surface area contributed by atoms with Crippen molar-refractivity contribution in [2.75, 3.05) is 25.2 Å². The number of hydrogen-bond donors (Lipinski definition) is 2. The molecular formula is C13H16N4O3S. The first-order chi connectivity index (χ1) is 9.86. The van der Waals surface area contributed by atoms with Gasteiger partial charge in [-0.15, -0.1) is 0 Å². The Hall–Kier alpha value is -2.19. The first-order valence-corrected chi connectivity index (χ1v) is 8.02. The molecule has 1 aromatic heterocycles. The third kappa shape index (κ3) is 4.14. The molecule has 0 radical (unpaired) electrons. The highest BCUT2D eigenvalue weighted by Crippen LogP contribution is 2.17. The summed E-state index contributed by atoms with van der Waals surface area (Å²) >= 11 is 0. The summed E-state index contributed by atoms with van der Waals surface area (Å²) < 4.78 is 23.4. The minimum Gasteiger partial charge on any atom is -0.345 e. The number of likely N-dealkylation sites (N-methyl/N-ethyl adjacent to an activating group) is 1. The SMILES string of the molecule is CN(CC(=O)Nc1ccc(-c2ncc[nH]2)cc1)S(C)(=O)=O. The molecule has 7 nitrogen and oxygen atoms in total. The van der Waals surface area contributed by atoms with Crippen LogP contribution in [-0.2, 0) is 14.8 Å². The lowest BCUT2D eigenvalue weighted by molar-refractivity contribution is -0.116. The van der Waals surface area contributed by atoms with E-state index >= 15 is 0 Å². The zero-order valence-corrected chi connectivity index (χ0v) is 12.5. The van der Waals surface area contributed by atoms with E-state index < -0.39 is 15.9 Å². The first kappa shape index (κ1) is 15.2. The molecular weight excluding hydrogens is 292 g/mol. The Morgan fingerprint density at radius 2 is 2.00 bits per heavy atom. The van der Waals surface area contributed by atoms with Crippen LogP contribution >= 0.6 is 0 Å². The molecule has 21 heavy (non-hydrogen) atoms. The highest BCUT2D eigenvalue weighted by atomic mass is 32.2. The van der Waals surface area contributed by atoms with Gasteiger partial charge in [0.2, 0.25) is 15.9 Å². The Kier molecular flexibility index (Phi) is 4.39. The van der Waals surface area contributed by atoms with Crippen molar-refractivity contribution in [3.05, 3.63) is 36.7 Å². The van der Waals surface area contributed by atoms with Crippen molar-refractivity contribution < 1.29 is 13.2 Å². The number of aromatic nitrogens is 2. The summed E-state index contributed by atoms with van der Waals surface area (Å²) in [4.78, 5) is 18.9. The number of carbonyl (C=O) groups excluding carboxylic acids is 1. The van der Waals surface area contributed by atoms with Gasteiger partial charge in [-0.1, -0.05) is 0 Å². The third-order valence-electron chi connectivity index (χ3n) is 2.87. The van der Waals surface area contributed by atoms with Crippen LogP contribution in [0.25, 0.3) is 11.4 Å². The summed E-state index contributed by atoms with van der Waals surface area (Å²) in [6.45, 7) is -0.223. The van der Waals surface area contributed by atoms with Gasteiger partial charge in [-0.3, -0.25) is 4.79 Å². The Bertz CT molecular complexity index is 708. The molecule has 0 atom stereocenters. The molecule has 0 bridgehead atoms. The van der Waals surface area contributed by atoms with Crippen molar-refractivity contribution in [2.24, 2.45) is 0 Å². The lowest BCUT2D eigenvalue weighted by Crippen LogP contribution is -2.34. The monoisotopic (exact) mass is 308 g/mol. The standard InChI is InChI=1S/C13H16N4O3S/c1-17(21(2,19)20)9-12(18)16-11-5-3-10(4-6-11)13-14-7-8-15-13/h3-8H,9H2,1-2H3,(H,14,15)(H,16,18). The average molecular weight is 308 g/mol. The van der Waals surface area contributed by atoms with Gasteiger partial charge < -0.3 is 10.3 Å². The van der Waals surface area contributed by atoms with Gasteiger partial charge in [-0.25, -0.2) is 13.4 Å². The van der Waals surface area contributed by atoms with Crippen LogP contribution in [-0.4, -0.2) is 48.4 Å². The maximum absolute atomic E-state index is 11.7. The number of aromatic amines is 1. The Morgan fingerprint density at radius 3 is 2.52 bits per heavy atom. The van der Waals surface area contributed by atoms with Gasteiger partial charge in [0.05, 0.1) is 12.8 Å². The van der Waals surface area contributed by atoms with Crippen LogP contribution in [0.15, 0.2) is 36.7 Å². The maximum Gasteiger partial charge on any atom is 0.239 e. The summed E-state index contributed by atoms with van der Waals surface area (Å²) in [5.74, 6) is 0.346. The van der Waals surface area contributed by atoms with Gasteiger partial charge in [0.15, 0.2) is 0 Å². The van der Waals surface area contributed by atoms with E-state index in [1.165, 1.54) is 7.05 Å². The van der Waals surface area contributed by atoms with E-state index in [9.17, 15) is 13.2 Å². The van der Waals surface area contributed by atoms with Gasteiger partial charge in [0.25, 0.3) is 0 Å². The van der Waals surface area contributed by atoms with Crippen molar-refractivity contribution in [2.45, 2.75) is 0 Å². The predicted molar refractivity (Wildman–Crippen MR) is 80.1 cm³/mol. The van der Waals surface area contributed by atoms with E-state index in [4.69, 9.17) is 0 Å². The number of carbonyl (C=O) groups is 1. The Morgan fingerprint density at radius 1 is 1.33 bits per heavy atom. The van der Waals surface area contributed by atoms with E-state index in [0.29, 0.717) is 5.69 Å². The van der Waals surface area contributed by atoms with Crippen LogP contribution in [0.1, 0.15) is 0 Å². The van der Waals surface area contributed by atoms with Crippen LogP contribution < -0.4 is 5.32 Å². The van der Waals surface area contributed by atoms with Gasteiger partial charge >= 0.3 is 0 Å². The average Bonchev–Trinajstić information content (AvgIpc) is 2.92. The molecule has 1 aromatic carbocycles. The van der Waals surface area contributed by atoms with E-state index in [2.05, 4.69) is 15.3 Å². The molecule has 0 unspecified atom stereocenters. The molecule has 112 valence electrons. The molecule has 0 saturated heterocycles. The smallest absolute Gasteiger partial charge is 0.239 e. The van der Waals surface area contributed by atoms with E-state index in [0.717, 1.165) is 21.9 Å². The molecule has 1 amide bonds. The largest absolute Gasteiger partial charge is 0.345 e. The van der Waals surface area contributed by atoms with Crippen LogP contribution in [0.2, 0.25) is 0 Å². The topological polar surface area (TPSA) is 95.2 Å². The van der Waals surface area contributed by atoms with Gasteiger partial charge in [0.1, 0.15) is 5.82 Å². The molecule has 0 spiro atoms. The van der Waals surface area contributed by atoms with E-state index in [1.807, 2.05) is 12.1 Å². The van der Waals surface area contributed by atoms with Crippen molar-refractivity contribution in [3.8, 4) is 11.4 Å². The number of anilines is 1. The van der Waals surface area contributed by atoms with Gasteiger partial charge in [-0.05, 0) is 24.3 Å². The quantitative estimate of drug-likeness (QED) is 0.858. The summed E-state index contributed by atoms with van der Waals surface area (Å²) in [7, 11) is -2.01. The normalized spacial score (nSPS) is 11.6. The lowest BCUT2D eigenvalue weighted by Gasteiger charge is -2.13. The fourth-order valence-corrected chi connectivity index (χ4v) is 2.01. The fourth-order valence-electron chi connectivity index (χ4n) is 1.65. The summed E-state index contributed by atoms with van der Waals surface area (Å²) in [5.41, 5.74) is 1.49.